The van der Waals surface area contributed by atoms with Crippen LogP contribution >= 0.6 is 11.6 Å². The molecule has 3 rings (SSSR count). The maximum Gasteiger partial charge on any atom is 0.253 e. The van der Waals surface area contributed by atoms with E-state index in [0.29, 0.717) is 11.6 Å². The minimum absolute atomic E-state index is 0.0211. The van der Waals surface area contributed by atoms with Crippen molar-refractivity contribution in [2.24, 2.45) is 4.99 Å². The molecule has 0 aromatic heterocycles. The second-order valence-corrected chi connectivity index (χ2v) is 8.14. The average Bonchev–Trinajstić information content (AvgIpc) is 3.21. The van der Waals surface area contributed by atoms with Crippen molar-refractivity contribution in [1.82, 2.24) is 15.5 Å². The highest BCUT2D eigenvalue weighted by molar-refractivity contribution is 6.30. The predicted octanol–water partition coefficient (Wildman–Crippen LogP) is 3.03. The van der Waals surface area contributed by atoms with Crippen LogP contribution in [0.15, 0.2) is 53.5 Å². The number of amides is 1. The van der Waals surface area contributed by atoms with Gasteiger partial charge in [-0.2, -0.15) is 0 Å². The van der Waals surface area contributed by atoms with Gasteiger partial charge >= 0.3 is 0 Å². The summed E-state index contributed by atoms with van der Waals surface area (Å²) in [5, 5.41) is 7.66. The van der Waals surface area contributed by atoms with Gasteiger partial charge in [-0.1, -0.05) is 29.8 Å². The van der Waals surface area contributed by atoms with E-state index < -0.39 is 0 Å². The van der Waals surface area contributed by atoms with Crippen LogP contribution in [-0.4, -0.2) is 63.6 Å². The zero-order valence-electron chi connectivity index (χ0n) is 17.9. The van der Waals surface area contributed by atoms with Crippen molar-refractivity contribution in [3.63, 3.8) is 0 Å². The molecule has 0 radical (unpaired) electrons. The fourth-order valence-electron chi connectivity index (χ4n) is 3.62. The first-order valence-electron chi connectivity index (χ1n) is 10.2. The molecule has 0 saturated carbocycles. The molecular formula is C23H30ClN5O. The number of aliphatic imine (C=N–C) groups is 1. The van der Waals surface area contributed by atoms with Crippen molar-refractivity contribution in [2.75, 3.05) is 45.7 Å². The Hall–Kier alpha value is -2.73. The van der Waals surface area contributed by atoms with Gasteiger partial charge in [-0.15, -0.1) is 0 Å². The fraction of sp³-hybridized carbons (Fsp3) is 0.391. The van der Waals surface area contributed by atoms with E-state index in [1.165, 1.54) is 0 Å². The third-order valence-corrected chi connectivity index (χ3v) is 5.45. The summed E-state index contributed by atoms with van der Waals surface area (Å²) in [6.45, 7) is 2.64. The van der Waals surface area contributed by atoms with Crippen LogP contribution in [0.4, 0.5) is 5.69 Å². The Bertz CT molecular complexity index is 899. The molecule has 160 valence electrons. The lowest BCUT2D eigenvalue weighted by Gasteiger charge is -2.20. The van der Waals surface area contributed by atoms with Crippen LogP contribution in [0.5, 0.6) is 0 Å². The van der Waals surface area contributed by atoms with E-state index in [0.717, 1.165) is 54.7 Å². The predicted molar refractivity (Wildman–Crippen MR) is 125 cm³/mol. The van der Waals surface area contributed by atoms with E-state index in [-0.39, 0.29) is 5.91 Å². The first-order chi connectivity index (χ1) is 14.5. The molecule has 1 unspecified atom stereocenters. The minimum atomic E-state index is 0.0211. The monoisotopic (exact) mass is 427 g/mol. The first-order valence-corrected chi connectivity index (χ1v) is 10.6. The van der Waals surface area contributed by atoms with Gasteiger partial charge in [-0.25, -0.2) is 0 Å². The van der Waals surface area contributed by atoms with Crippen LogP contribution in [-0.2, 0) is 6.42 Å². The SMILES string of the molecule is CN=C(NCCc1cccc(C(=O)N(C)C)c1)NC1CCN(c2cccc(Cl)c2)C1. The van der Waals surface area contributed by atoms with E-state index in [9.17, 15) is 4.79 Å². The molecule has 1 saturated heterocycles. The molecule has 1 heterocycles. The Balaban J connectivity index is 1.48. The Morgan fingerprint density at radius 3 is 2.77 bits per heavy atom. The standard InChI is InChI=1S/C23H30ClN5O/c1-25-23(26-12-10-17-6-4-7-18(14-17)22(30)28(2)3)27-20-11-13-29(16-20)21-9-5-8-19(24)15-21/h4-9,14-15,20H,10-13,16H2,1-3H3,(H2,25,26,27). The number of rotatable bonds is 6. The van der Waals surface area contributed by atoms with E-state index in [1.807, 2.05) is 42.5 Å². The van der Waals surface area contributed by atoms with Gasteiger partial charge in [0.15, 0.2) is 5.96 Å². The van der Waals surface area contributed by atoms with Crippen LogP contribution in [0.1, 0.15) is 22.3 Å². The summed E-state index contributed by atoms with van der Waals surface area (Å²) in [7, 11) is 5.32. The quantitative estimate of drug-likeness (QED) is 0.549. The van der Waals surface area contributed by atoms with Gasteiger partial charge in [0.1, 0.15) is 0 Å². The van der Waals surface area contributed by atoms with Gasteiger partial charge in [0.25, 0.3) is 5.91 Å². The maximum absolute atomic E-state index is 12.1. The summed E-state index contributed by atoms with van der Waals surface area (Å²) in [6, 6.07) is 16.1. The summed E-state index contributed by atoms with van der Waals surface area (Å²) in [5.41, 5.74) is 2.99. The molecular weight excluding hydrogens is 398 g/mol. The summed E-state index contributed by atoms with van der Waals surface area (Å²) < 4.78 is 0. The third kappa shape index (κ3) is 5.89. The molecule has 2 aromatic rings. The molecule has 6 nitrogen and oxygen atoms in total. The minimum Gasteiger partial charge on any atom is -0.369 e. The molecule has 0 spiro atoms. The van der Waals surface area contributed by atoms with Crippen molar-refractivity contribution < 1.29 is 4.79 Å². The second kappa shape index (κ2) is 10.3. The number of carbonyl (C=O) groups excluding carboxylic acids is 1. The van der Waals surface area contributed by atoms with E-state index >= 15 is 0 Å². The zero-order valence-corrected chi connectivity index (χ0v) is 18.6. The molecule has 2 aromatic carbocycles. The highest BCUT2D eigenvalue weighted by atomic mass is 35.5. The van der Waals surface area contributed by atoms with Crippen molar-refractivity contribution in [3.05, 3.63) is 64.7 Å². The molecule has 1 atom stereocenters. The Morgan fingerprint density at radius 1 is 1.23 bits per heavy atom. The summed E-state index contributed by atoms with van der Waals surface area (Å²) in [4.78, 5) is 20.4. The number of anilines is 1. The van der Waals surface area contributed by atoms with Crippen LogP contribution in [0.3, 0.4) is 0 Å². The van der Waals surface area contributed by atoms with Crippen LogP contribution in [0.2, 0.25) is 5.02 Å². The zero-order chi connectivity index (χ0) is 21.5. The van der Waals surface area contributed by atoms with E-state index in [1.54, 1.807) is 26.0 Å². The molecule has 2 N–H and O–H groups in total. The van der Waals surface area contributed by atoms with Gasteiger partial charge in [0.05, 0.1) is 0 Å². The fourth-order valence-corrected chi connectivity index (χ4v) is 3.80. The Kier molecular flexibility index (Phi) is 7.57. The van der Waals surface area contributed by atoms with Gasteiger partial charge in [-0.05, 0) is 48.7 Å². The van der Waals surface area contributed by atoms with Crippen LogP contribution < -0.4 is 15.5 Å². The number of guanidine groups is 1. The average molecular weight is 428 g/mol. The molecule has 0 bridgehead atoms. The van der Waals surface area contributed by atoms with Crippen LogP contribution in [0.25, 0.3) is 0 Å². The number of nitrogens with zero attached hydrogens (tertiary/aromatic N) is 3. The molecule has 1 aliphatic heterocycles. The topological polar surface area (TPSA) is 60.0 Å². The summed E-state index contributed by atoms with van der Waals surface area (Å²) in [6.07, 6.45) is 1.86. The number of hydrogen-bond donors (Lipinski definition) is 2. The molecule has 1 amide bonds. The van der Waals surface area contributed by atoms with E-state index in [2.05, 4.69) is 26.6 Å². The van der Waals surface area contributed by atoms with Gasteiger partial charge in [-0.3, -0.25) is 9.79 Å². The Labute approximate surface area is 183 Å². The highest BCUT2D eigenvalue weighted by Gasteiger charge is 2.23. The van der Waals surface area contributed by atoms with Crippen LogP contribution in [0, 0.1) is 0 Å². The Morgan fingerprint density at radius 2 is 2.03 bits per heavy atom. The van der Waals surface area contributed by atoms with Gasteiger partial charge in [0.2, 0.25) is 0 Å². The third-order valence-electron chi connectivity index (χ3n) is 5.21. The second-order valence-electron chi connectivity index (χ2n) is 7.70. The number of nitrogens with one attached hydrogen (secondary N) is 2. The molecule has 1 fully saturated rings. The molecule has 0 aliphatic carbocycles. The number of halogens is 1. The first kappa shape index (κ1) is 22.0. The molecule has 1 aliphatic rings. The molecule has 7 heteroatoms. The van der Waals surface area contributed by atoms with E-state index in [4.69, 9.17) is 11.6 Å². The number of benzene rings is 2. The van der Waals surface area contributed by atoms with Crippen molar-refractivity contribution >= 4 is 29.2 Å². The summed E-state index contributed by atoms with van der Waals surface area (Å²) >= 11 is 6.12. The lowest BCUT2D eigenvalue weighted by molar-refractivity contribution is 0.0827. The lowest BCUT2D eigenvalue weighted by Crippen LogP contribution is -2.45. The number of carbonyl (C=O) groups is 1. The smallest absolute Gasteiger partial charge is 0.253 e. The van der Waals surface area contributed by atoms with Crippen molar-refractivity contribution in [1.29, 1.82) is 0 Å². The summed E-state index contributed by atoms with van der Waals surface area (Å²) in [5.74, 6) is 0.821. The highest BCUT2D eigenvalue weighted by Crippen LogP contribution is 2.23. The van der Waals surface area contributed by atoms with Gasteiger partial charge in [0, 0.05) is 63.1 Å². The lowest BCUT2D eigenvalue weighted by atomic mass is 10.1. The molecule has 30 heavy (non-hydrogen) atoms. The number of hydrogen-bond acceptors (Lipinski definition) is 3. The van der Waals surface area contributed by atoms with Gasteiger partial charge < -0.3 is 20.4 Å². The normalized spacial score (nSPS) is 16.5. The van der Waals surface area contributed by atoms with Crippen molar-refractivity contribution in [2.45, 2.75) is 18.9 Å². The van der Waals surface area contributed by atoms with Crippen molar-refractivity contribution in [3.8, 4) is 0 Å². The largest absolute Gasteiger partial charge is 0.369 e. The maximum atomic E-state index is 12.1.